The number of nitrogens with zero attached hydrogens (tertiary/aromatic N) is 2. The minimum Gasteiger partial charge on any atom is -0.326 e. The predicted octanol–water partition coefficient (Wildman–Crippen LogP) is 1.93. The SMILES string of the molecule is CC[C@@H]1NC(=O)N(Cc2cccnc2C(F)(F)F)C1=O. The Labute approximate surface area is 112 Å². The zero-order chi connectivity index (χ0) is 14.9. The molecule has 0 spiro atoms. The van der Waals surface area contributed by atoms with Gasteiger partial charge in [0.05, 0.1) is 6.54 Å². The van der Waals surface area contributed by atoms with E-state index in [2.05, 4.69) is 10.3 Å². The molecule has 1 saturated heterocycles. The molecule has 0 unspecified atom stereocenters. The standard InChI is InChI=1S/C12H12F3N3O2/c1-2-8-10(19)18(11(20)17-8)6-7-4-3-5-16-9(7)12(13,14)15/h3-5,8H,2,6H2,1H3,(H,17,20)/t8-/m0/s1. The number of aromatic nitrogens is 1. The van der Waals surface area contributed by atoms with Gasteiger partial charge < -0.3 is 5.32 Å². The Hall–Kier alpha value is -2.12. The van der Waals surface area contributed by atoms with Crippen LogP contribution in [-0.2, 0) is 17.5 Å². The first kappa shape index (κ1) is 14.3. The molecule has 0 radical (unpaired) electrons. The van der Waals surface area contributed by atoms with Gasteiger partial charge in [0.2, 0.25) is 0 Å². The summed E-state index contributed by atoms with van der Waals surface area (Å²) in [4.78, 5) is 27.5. The van der Waals surface area contributed by atoms with Crippen LogP contribution in [-0.4, -0.2) is 27.9 Å². The van der Waals surface area contributed by atoms with Crippen molar-refractivity contribution in [1.29, 1.82) is 0 Å². The molecule has 3 amide bonds. The highest BCUT2D eigenvalue weighted by molar-refractivity contribution is 6.04. The Morgan fingerprint density at radius 3 is 2.65 bits per heavy atom. The molecule has 2 heterocycles. The Bertz CT molecular complexity index is 545. The number of rotatable bonds is 3. The van der Waals surface area contributed by atoms with Crippen LogP contribution in [0.3, 0.4) is 0 Å². The van der Waals surface area contributed by atoms with Crippen molar-refractivity contribution in [3.8, 4) is 0 Å². The van der Waals surface area contributed by atoms with Crippen LogP contribution in [0.5, 0.6) is 0 Å². The van der Waals surface area contributed by atoms with E-state index in [9.17, 15) is 22.8 Å². The summed E-state index contributed by atoms with van der Waals surface area (Å²) in [6, 6.07) is 1.18. The maximum atomic E-state index is 12.8. The highest BCUT2D eigenvalue weighted by Gasteiger charge is 2.40. The first-order valence-electron chi connectivity index (χ1n) is 5.97. The van der Waals surface area contributed by atoms with Gasteiger partial charge in [-0.2, -0.15) is 13.2 Å². The molecular weight excluding hydrogens is 275 g/mol. The van der Waals surface area contributed by atoms with Gasteiger partial charge in [0, 0.05) is 11.8 Å². The van der Waals surface area contributed by atoms with Crippen molar-refractivity contribution in [3.63, 3.8) is 0 Å². The van der Waals surface area contributed by atoms with Crippen LogP contribution in [0.25, 0.3) is 0 Å². The lowest BCUT2D eigenvalue weighted by atomic mass is 10.1. The predicted molar refractivity (Wildman–Crippen MR) is 62.4 cm³/mol. The molecule has 1 aliphatic rings. The highest BCUT2D eigenvalue weighted by atomic mass is 19.4. The molecule has 0 aromatic carbocycles. The molecule has 0 aliphatic carbocycles. The molecule has 2 rings (SSSR count). The number of urea groups is 1. The van der Waals surface area contributed by atoms with Gasteiger partial charge in [0.25, 0.3) is 5.91 Å². The lowest BCUT2D eigenvalue weighted by Gasteiger charge is -2.16. The lowest BCUT2D eigenvalue weighted by molar-refractivity contribution is -0.142. The fourth-order valence-electron chi connectivity index (χ4n) is 2.00. The van der Waals surface area contributed by atoms with Crippen molar-refractivity contribution in [1.82, 2.24) is 15.2 Å². The molecule has 8 heteroatoms. The minimum atomic E-state index is -4.63. The fourth-order valence-corrected chi connectivity index (χ4v) is 2.00. The van der Waals surface area contributed by atoms with Crippen molar-refractivity contribution in [2.45, 2.75) is 32.1 Å². The Kier molecular flexibility index (Phi) is 3.65. The number of alkyl halides is 3. The average Bonchev–Trinajstić information content (AvgIpc) is 2.65. The summed E-state index contributed by atoms with van der Waals surface area (Å²) in [7, 11) is 0. The van der Waals surface area contributed by atoms with Crippen LogP contribution in [0.15, 0.2) is 18.3 Å². The molecule has 1 atom stereocenters. The van der Waals surface area contributed by atoms with Crippen molar-refractivity contribution < 1.29 is 22.8 Å². The maximum Gasteiger partial charge on any atom is 0.433 e. The van der Waals surface area contributed by atoms with Crippen LogP contribution in [0, 0.1) is 0 Å². The van der Waals surface area contributed by atoms with Crippen LogP contribution in [0.4, 0.5) is 18.0 Å². The molecule has 1 aliphatic heterocycles. The molecule has 1 N–H and O–H groups in total. The van der Waals surface area contributed by atoms with Gasteiger partial charge in [-0.25, -0.2) is 4.79 Å². The van der Waals surface area contributed by atoms with E-state index in [1.165, 1.54) is 12.1 Å². The molecule has 1 fully saturated rings. The Morgan fingerprint density at radius 1 is 1.40 bits per heavy atom. The molecule has 1 aromatic rings. The second-order valence-electron chi connectivity index (χ2n) is 4.34. The highest BCUT2D eigenvalue weighted by Crippen LogP contribution is 2.31. The number of carbonyl (C=O) groups excluding carboxylic acids is 2. The van der Waals surface area contributed by atoms with Crippen LogP contribution in [0.2, 0.25) is 0 Å². The molecule has 1 aromatic heterocycles. The van der Waals surface area contributed by atoms with Gasteiger partial charge in [-0.15, -0.1) is 0 Å². The van der Waals surface area contributed by atoms with E-state index in [0.29, 0.717) is 6.42 Å². The topological polar surface area (TPSA) is 62.3 Å². The summed E-state index contributed by atoms with van der Waals surface area (Å²) in [5.74, 6) is -0.519. The number of halogens is 3. The number of pyridine rings is 1. The zero-order valence-electron chi connectivity index (χ0n) is 10.6. The first-order valence-corrected chi connectivity index (χ1v) is 5.97. The zero-order valence-corrected chi connectivity index (χ0v) is 10.6. The summed E-state index contributed by atoms with van der Waals surface area (Å²) in [5, 5.41) is 2.42. The summed E-state index contributed by atoms with van der Waals surface area (Å²) >= 11 is 0. The minimum absolute atomic E-state index is 0.208. The number of hydrogen-bond acceptors (Lipinski definition) is 3. The molecule has 0 bridgehead atoms. The van der Waals surface area contributed by atoms with Crippen molar-refractivity contribution in [2.24, 2.45) is 0 Å². The molecule has 20 heavy (non-hydrogen) atoms. The fraction of sp³-hybridized carbons (Fsp3) is 0.417. The van der Waals surface area contributed by atoms with E-state index in [0.717, 1.165) is 11.1 Å². The number of carbonyl (C=O) groups is 2. The second kappa shape index (κ2) is 5.10. The van der Waals surface area contributed by atoms with E-state index >= 15 is 0 Å². The van der Waals surface area contributed by atoms with Gasteiger partial charge in [-0.1, -0.05) is 13.0 Å². The van der Waals surface area contributed by atoms with E-state index < -0.39 is 36.4 Å². The van der Waals surface area contributed by atoms with Crippen LogP contribution >= 0.6 is 0 Å². The third-order valence-electron chi connectivity index (χ3n) is 3.00. The molecule has 5 nitrogen and oxygen atoms in total. The number of imide groups is 1. The summed E-state index contributed by atoms with van der Waals surface area (Å²) in [6.45, 7) is 1.27. The van der Waals surface area contributed by atoms with Gasteiger partial charge in [-0.3, -0.25) is 14.7 Å². The van der Waals surface area contributed by atoms with E-state index in [1.807, 2.05) is 0 Å². The van der Waals surface area contributed by atoms with Gasteiger partial charge in [0.15, 0.2) is 0 Å². The van der Waals surface area contributed by atoms with Crippen LogP contribution in [0.1, 0.15) is 24.6 Å². The van der Waals surface area contributed by atoms with Gasteiger partial charge in [-0.05, 0) is 12.5 Å². The van der Waals surface area contributed by atoms with E-state index in [-0.39, 0.29) is 5.56 Å². The second-order valence-corrected chi connectivity index (χ2v) is 4.34. The number of amides is 3. The number of hydrogen-bond donors (Lipinski definition) is 1. The monoisotopic (exact) mass is 287 g/mol. The Balaban J connectivity index is 2.27. The maximum absolute atomic E-state index is 12.8. The summed E-state index contributed by atoms with van der Waals surface area (Å²) in [6.07, 6.45) is -3.21. The van der Waals surface area contributed by atoms with E-state index in [1.54, 1.807) is 6.92 Å². The average molecular weight is 287 g/mol. The molecular formula is C12H12F3N3O2. The smallest absolute Gasteiger partial charge is 0.326 e. The van der Waals surface area contributed by atoms with Gasteiger partial charge in [0.1, 0.15) is 11.7 Å². The lowest BCUT2D eigenvalue weighted by Crippen LogP contribution is -2.32. The van der Waals surface area contributed by atoms with Gasteiger partial charge >= 0.3 is 12.2 Å². The summed E-state index contributed by atoms with van der Waals surface area (Å²) < 4.78 is 38.4. The molecule has 0 saturated carbocycles. The summed E-state index contributed by atoms with van der Waals surface area (Å²) in [5.41, 5.74) is -1.29. The van der Waals surface area contributed by atoms with E-state index in [4.69, 9.17) is 0 Å². The number of nitrogens with one attached hydrogen (secondary N) is 1. The third kappa shape index (κ3) is 2.59. The normalized spacial score (nSPS) is 19.4. The Morgan fingerprint density at radius 2 is 2.10 bits per heavy atom. The third-order valence-corrected chi connectivity index (χ3v) is 3.00. The molecule has 108 valence electrons. The van der Waals surface area contributed by atoms with Crippen molar-refractivity contribution >= 4 is 11.9 Å². The first-order chi connectivity index (χ1) is 9.34. The quantitative estimate of drug-likeness (QED) is 0.864. The largest absolute Gasteiger partial charge is 0.433 e. The van der Waals surface area contributed by atoms with Crippen LogP contribution < -0.4 is 5.32 Å². The van der Waals surface area contributed by atoms with Crippen molar-refractivity contribution in [3.05, 3.63) is 29.6 Å². The van der Waals surface area contributed by atoms with Crippen molar-refractivity contribution in [2.75, 3.05) is 0 Å².